The molecule has 1 atom stereocenters. The second-order valence-corrected chi connectivity index (χ2v) is 4.71. The number of hydrogen-bond acceptors (Lipinski definition) is 5. The molecule has 6 heteroatoms. The SMILES string of the molecule is Brc1cccnc1-c1nc(C2CCOC2)no1. The molecule has 0 amide bonds. The van der Waals surface area contributed by atoms with Gasteiger partial charge < -0.3 is 9.26 Å². The van der Waals surface area contributed by atoms with Crippen LogP contribution in [0.4, 0.5) is 0 Å². The second-order valence-electron chi connectivity index (χ2n) is 3.85. The van der Waals surface area contributed by atoms with Crippen LogP contribution in [0.1, 0.15) is 18.2 Å². The summed E-state index contributed by atoms with van der Waals surface area (Å²) in [5.41, 5.74) is 0.671. The third-order valence-corrected chi connectivity index (χ3v) is 3.34. The first kappa shape index (κ1) is 10.9. The molecule has 0 N–H and O–H groups in total. The van der Waals surface area contributed by atoms with Gasteiger partial charge in [-0.2, -0.15) is 4.98 Å². The van der Waals surface area contributed by atoms with Crippen LogP contribution >= 0.6 is 15.9 Å². The summed E-state index contributed by atoms with van der Waals surface area (Å²) in [5, 5.41) is 3.99. The summed E-state index contributed by atoms with van der Waals surface area (Å²) in [6.45, 7) is 1.43. The van der Waals surface area contributed by atoms with E-state index in [2.05, 4.69) is 31.1 Å². The number of halogens is 1. The topological polar surface area (TPSA) is 61.0 Å². The Morgan fingerprint density at radius 1 is 1.41 bits per heavy atom. The van der Waals surface area contributed by atoms with Gasteiger partial charge in [-0.25, -0.2) is 4.98 Å². The molecular weight excluding hydrogens is 286 g/mol. The zero-order valence-corrected chi connectivity index (χ0v) is 10.6. The number of aromatic nitrogens is 3. The number of hydrogen-bond donors (Lipinski definition) is 0. The molecule has 5 nitrogen and oxygen atoms in total. The third kappa shape index (κ3) is 2.10. The number of pyridine rings is 1. The molecule has 2 aromatic heterocycles. The summed E-state index contributed by atoms with van der Waals surface area (Å²) in [5.74, 6) is 1.39. The molecule has 3 heterocycles. The standard InChI is InChI=1S/C11H10BrN3O2/c12-8-2-1-4-13-9(8)11-14-10(15-17-11)7-3-5-16-6-7/h1-2,4,7H,3,5-6H2. The molecule has 17 heavy (non-hydrogen) atoms. The molecule has 0 radical (unpaired) electrons. The molecular formula is C11H10BrN3O2. The number of rotatable bonds is 2. The van der Waals surface area contributed by atoms with E-state index in [4.69, 9.17) is 9.26 Å². The van der Waals surface area contributed by atoms with E-state index in [-0.39, 0.29) is 5.92 Å². The van der Waals surface area contributed by atoms with Crippen molar-refractivity contribution >= 4 is 15.9 Å². The highest BCUT2D eigenvalue weighted by molar-refractivity contribution is 9.10. The Hall–Kier alpha value is -1.27. The van der Waals surface area contributed by atoms with Gasteiger partial charge in [-0.05, 0) is 34.5 Å². The molecule has 0 spiro atoms. The molecule has 1 aliphatic heterocycles. The van der Waals surface area contributed by atoms with E-state index in [0.29, 0.717) is 24.0 Å². The minimum Gasteiger partial charge on any atom is -0.381 e. The predicted octanol–water partition coefficient (Wildman–Crippen LogP) is 2.40. The average Bonchev–Trinajstić information content (AvgIpc) is 3.00. The highest BCUT2D eigenvalue weighted by atomic mass is 79.9. The fraction of sp³-hybridized carbons (Fsp3) is 0.364. The predicted molar refractivity (Wildman–Crippen MR) is 63.4 cm³/mol. The summed E-state index contributed by atoms with van der Waals surface area (Å²) in [7, 11) is 0. The molecule has 1 unspecified atom stereocenters. The molecule has 88 valence electrons. The lowest BCUT2D eigenvalue weighted by atomic mass is 10.1. The van der Waals surface area contributed by atoms with Crippen LogP contribution in [0.3, 0.4) is 0 Å². The van der Waals surface area contributed by atoms with Crippen molar-refractivity contribution in [2.45, 2.75) is 12.3 Å². The molecule has 0 saturated carbocycles. The Bertz CT molecular complexity index is 523. The highest BCUT2D eigenvalue weighted by Gasteiger charge is 2.24. The Labute approximate surface area is 106 Å². The van der Waals surface area contributed by atoms with E-state index in [9.17, 15) is 0 Å². The van der Waals surface area contributed by atoms with Crippen LogP contribution in [0.2, 0.25) is 0 Å². The van der Waals surface area contributed by atoms with Crippen LogP contribution in [-0.4, -0.2) is 28.3 Å². The summed E-state index contributed by atoms with van der Waals surface area (Å²) < 4.78 is 11.4. The largest absolute Gasteiger partial charge is 0.381 e. The normalized spacial score (nSPS) is 19.7. The first-order chi connectivity index (χ1) is 8.34. The summed E-state index contributed by atoms with van der Waals surface area (Å²) >= 11 is 3.41. The van der Waals surface area contributed by atoms with E-state index in [1.165, 1.54) is 0 Å². The van der Waals surface area contributed by atoms with Gasteiger partial charge in [0.15, 0.2) is 5.82 Å². The van der Waals surface area contributed by atoms with Crippen molar-refractivity contribution < 1.29 is 9.26 Å². The maximum atomic E-state index is 5.30. The summed E-state index contributed by atoms with van der Waals surface area (Å²) in [6.07, 6.45) is 2.64. The molecule has 0 bridgehead atoms. The van der Waals surface area contributed by atoms with Crippen molar-refractivity contribution in [2.24, 2.45) is 0 Å². The average molecular weight is 296 g/mol. The number of nitrogens with zero attached hydrogens (tertiary/aromatic N) is 3. The smallest absolute Gasteiger partial charge is 0.277 e. The lowest BCUT2D eigenvalue weighted by molar-refractivity contribution is 0.192. The van der Waals surface area contributed by atoms with Gasteiger partial charge in [0.1, 0.15) is 5.69 Å². The van der Waals surface area contributed by atoms with Gasteiger partial charge in [-0.15, -0.1) is 0 Å². The van der Waals surface area contributed by atoms with Gasteiger partial charge in [-0.3, -0.25) is 0 Å². The highest BCUT2D eigenvalue weighted by Crippen LogP contribution is 2.27. The lowest BCUT2D eigenvalue weighted by Crippen LogP contribution is -1.99. The lowest BCUT2D eigenvalue weighted by Gasteiger charge is -1.98. The van der Waals surface area contributed by atoms with Crippen molar-refractivity contribution in [2.75, 3.05) is 13.2 Å². The van der Waals surface area contributed by atoms with Gasteiger partial charge in [0.25, 0.3) is 5.89 Å². The number of ether oxygens (including phenoxy) is 1. The van der Waals surface area contributed by atoms with E-state index in [0.717, 1.165) is 17.5 Å². The van der Waals surface area contributed by atoms with E-state index >= 15 is 0 Å². The fourth-order valence-corrected chi connectivity index (χ4v) is 2.20. The summed E-state index contributed by atoms with van der Waals surface area (Å²) in [6, 6.07) is 3.74. The summed E-state index contributed by atoms with van der Waals surface area (Å²) in [4.78, 5) is 8.59. The van der Waals surface area contributed by atoms with Crippen LogP contribution < -0.4 is 0 Å². The zero-order valence-electron chi connectivity index (χ0n) is 8.97. The minimum absolute atomic E-state index is 0.245. The van der Waals surface area contributed by atoms with Crippen molar-refractivity contribution in [3.05, 3.63) is 28.6 Å². The van der Waals surface area contributed by atoms with Crippen LogP contribution in [0.5, 0.6) is 0 Å². The third-order valence-electron chi connectivity index (χ3n) is 2.70. The van der Waals surface area contributed by atoms with Gasteiger partial charge in [0.05, 0.1) is 6.61 Å². The van der Waals surface area contributed by atoms with Crippen molar-refractivity contribution in [1.29, 1.82) is 0 Å². The van der Waals surface area contributed by atoms with E-state index in [1.54, 1.807) is 6.20 Å². The molecule has 0 aliphatic carbocycles. The fourth-order valence-electron chi connectivity index (χ4n) is 1.78. The van der Waals surface area contributed by atoms with Crippen LogP contribution in [-0.2, 0) is 4.74 Å². The molecule has 2 aromatic rings. The Kier molecular flexibility index (Phi) is 2.90. The quantitative estimate of drug-likeness (QED) is 0.851. The molecule has 0 aromatic carbocycles. The van der Waals surface area contributed by atoms with Crippen LogP contribution in [0.25, 0.3) is 11.6 Å². The maximum absolute atomic E-state index is 5.30. The van der Waals surface area contributed by atoms with Gasteiger partial charge >= 0.3 is 0 Å². The molecule has 1 fully saturated rings. The van der Waals surface area contributed by atoms with Gasteiger partial charge in [-0.1, -0.05) is 5.16 Å². The van der Waals surface area contributed by atoms with Gasteiger partial charge in [0.2, 0.25) is 0 Å². The van der Waals surface area contributed by atoms with Crippen LogP contribution in [0, 0.1) is 0 Å². The first-order valence-electron chi connectivity index (χ1n) is 5.37. The molecule has 1 aliphatic rings. The molecule has 3 rings (SSSR count). The minimum atomic E-state index is 0.245. The zero-order chi connectivity index (χ0) is 11.7. The monoisotopic (exact) mass is 295 g/mol. The van der Waals surface area contributed by atoms with Crippen molar-refractivity contribution in [1.82, 2.24) is 15.1 Å². The van der Waals surface area contributed by atoms with Crippen molar-refractivity contribution in [3.63, 3.8) is 0 Å². The Morgan fingerprint density at radius 2 is 2.35 bits per heavy atom. The van der Waals surface area contributed by atoms with Crippen LogP contribution in [0.15, 0.2) is 27.3 Å². The Balaban J connectivity index is 1.92. The van der Waals surface area contributed by atoms with Gasteiger partial charge in [0, 0.05) is 23.2 Å². The molecule has 1 saturated heterocycles. The van der Waals surface area contributed by atoms with E-state index < -0.39 is 0 Å². The maximum Gasteiger partial charge on any atom is 0.277 e. The van der Waals surface area contributed by atoms with E-state index in [1.807, 2.05) is 12.1 Å². The van der Waals surface area contributed by atoms with Crippen molar-refractivity contribution in [3.8, 4) is 11.6 Å². The second kappa shape index (κ2) is 4.54. The first-order valence-corrected chi connectivity index (χ1v) is 6.16. The Morgan fingerprint density at radius 3 is 3.12 bits per heavy atom.